The van der Waals surface area contributed by atoms with Crippen molar-refractivity contribution in [3.8, 4) is 0 Å². The number of thioether (sulfide) groups is 1. The maximum absolute atomic E-state index is 12.8. The molecule has 0 saturated carbocycles. The van der Waals surface area contributed by atoms with Gasteiger partial charge in [-0.3, -0.25) is 9.78 Å². The van der Waals surface area contributed by atoms with Gasteiger partial charge >= 0.3 is 0 Å². The number of hydrogen-bond acceptors (Lipinski definition) is 3. The van der Waals surface area contributed by atoms with Crippen LogP contribution in [0.4, 0.5) is 4.79 Å². The Morgan fingerprint density at radius 2 is 1.68 bits per heavy atom. The number of pyridine rings is 1. The van der Waals surface area contributed by atoms with Crippen molar-refractivity contribution in [3.05, 3.63) is 100 Å². The summed E-state index contributed by atoms with van der Waals surface area (Å²) < 4.78 is 0. The zero-order chi connectivity index (χ0) is 21.2. The van der Waals surface area contributed by atoms with Crippen molar-refractivity contribution in [1.29, 1.82) is 0 Å². The smallest absolute Gasteiger partial charge is 0.286 e. The lowest BCUT2D eigenvalue weighted by Crippen LogP contribution is -2.34. The molecule has 0 unspecified atom stereocenters. The van der Waals surface area contributed by atoms with Crippen molar-refractivity contribution >= 4 is 22.6 Å². The Morgan fingerprint density at radius 3 is 2.48 bits per heavy atom. The Hall–Kier alpha value is -2.85. The Labute approximate surface area is 188 Å². The largest absolute Gasteiger partial charge is 0.333 e. The molecule has 0 N–H and O–H groups in total. The van der Waals surface area contributed by atoms with Crippen LogP contribution in [0.15, 0.2) is 77.3 Å². The molecule has 2 aliphatic rings. The lowest BCUT2D eigenvalue weighted by Gasteiger charge is -2.30. The highest BCUT2D eigenvalue weighted by molar-refractivity contribution is 8.13. The van der Waals surface area contributed by atoms with Crippen LogP contribution in [-0.4, -0.2) is 28.2 Å². The Morgan fingerprint density at radius 1 is 0.903 bits per heavy atom. The molecule has 1 fully saturated rings. The zero-order valence-electron chi connectivity index (χ0n) is 17.8. The molecule has 0 bridgehead atoms. The molecule has 0 atom stereocenters. The number of nitrogens with zero attached hydrogens (tertiary/aromatic N) is 2. The van der Waals surface area contributed by atoms with Crippen LogP contribution in [0, 0.1) is 6.92 Å². The number of aryl methyl sites for hydroxylation is 3. The van der Waals surface area contributed by atoms with Gasteiger partial charge < -0.3 is 4.90 Å². The molecule has 1 aromatic heterocycles. The van der Waals surface area contributed by atoms with Crippen molar-refractivity contribution in [2.45, 2.75) is 37.5 Å². The number of piperidine rings is 1. The van der Waals surface area contributed by atoms with Gasteiger partial charge in [0.1, 0.15) is 0 Å². The van der Waals surface area contributed by atoms with E-state index in [4.69, 9.17) is 4.98 Å². The lowest BCUT2D eigenvalue weighted by molar-refractivity contribution is 0.219. The summed E-state index contributed by atoms with van der Waals surface area (Å²) in [6.07, 6.45) is 5.78. The van der Waals surface area contributed by atoms with Gasteiger partial charge in [-0.15, -0.1) is 0 Å². The third-order valence-corrected chi connectivity index (χ3v) is 7.19. The summed E-state index contributed by atoms with van der Waals surface area (Å²) in [6, 6.07) is 21.0. The van der Waals surface area contributed by atoms with E-state index in [0.29, 0.717) is 0 Å². The second kappa shape index (κ2) is 8.72. The fourth-order valence-corrected chi connectivity index (χ4v) is 5.46. The van der Waals surface area contributed by atoms with E-state index in [1.165, 1.54) is 45.2 Å². The van der Waals surface area contributed by atoms with Crippen LogP contribution < -0.4 is 0 Å². The molecule has 1 saturated heterocycles. The van der Waals surface area contributed by atoms with Gasteiger partial charge in [0.15, 0.2) is 0 Å². The Kier molecular flexibility index (Phi) is 5.65. The number of aromatic nitrogens is 1. The van der Waals surface area contributed by atoms with Crippen molar-refractivity contribution in [2.24, 2.45) is 0 Å². The van der Waals surface area contributed by atoms with Gasteiger partial charge in [-0.25, -0.2) is 0 Å². The molecule has 2 aromatic carbocycles. The minimum absolute atomic E-state index is 0.144. The number of hydrogen-bond donors (Lipinski definition) is 0. The SMILES string of the molecule is Cc1ccc2c(c1)CCc1cccnc1C2=C1CCN(C(=O)Sc2ccccc2)CC1. The van der Waals surface area contributed by atoms with Crippen molar-refractivity contribution in [1.82, 2.24) is 9.88 Å². The van der Waals surface area contributed by atoms with E-state index < -0.39 is 0 Å². The standard InChI is InChI=1S/C27H26N2OS/c1-19-9-12-24-22(18-19)11-10-21-6-5-15-28-26(21)25(24)20-13-16-29(17-14-20)27(30)31-23-7-3-2-4-8-23/h2-9,12,15,18H,10-11,13-14,16-17H2,1H3. The molecule has 3 nitrogen and oxygen atoms in total. The highest BCUT2D eigenvalue weighted by Crippen LogP contribution is 2.38. The molecule has 3 aromatic rings. The summed E-state index contributed by atoms with van der Waals surface area (Å²) in [5.74, 6) is 0. The number of carbonyl (C=O) groups is 1. The summed E-state index contributed by atoms with van der Waals surface area (Å²) in [7, 11) is 0. The zero-order valence-corrected chi connectivity index (χ0v) is 18.6. The second-order valence-corrected chi connectivity index (χ2v) is 9.34. The quantitative estimate of drug-likeness (QED) is 0.428. The predicted molar refractivity (Wildman–Crippen MR) is 127 cm³/mol. The normalized spacial score (nSPS) is 15.8. The van der Waals surface area contributed by atoms with E-state index in [-0.39, 0.29) is 5.24 Å². The summed E-state index contributed by atoms with van der Waals surface area (Å²) >= 11 is 1.33. The molecule has 156 valence electrons. The minimum atomic E-state index is 0.144. The fraction of sp³-hybridized carbons (Fsp3) is 0.259. The van der Waals surface area contributed by atoms with Gasteiger partial charge in [0, 0.05) is 29.8 Å². The fourth-order valence-electron chi connectivity index (χ4n) is 4.66. The van der Waals surface area contributed by atoms with E-state index >= 15 is 0 Å². The maximum Gasteiger partial charge on any atom is 0.286 e. The first kappa shape index (κ1) is 20.1. The van der Waals surface area contributed by atoms with Crippen LogP contribution in [0.1, 0.15) is 40.8 Å². The van der Waals surface area contributed by atoms with Gasteiger partial charge in [-0.1, -0.05) is 53.6 Å². The number of rotatable bonds is 1. The highest BCUT2D eigenvalue weighted by Gasteiger charge is 2.26. The van der Waals surface area contributed by atoms with E-state index in [9.17, 15) is 4.79 Å². The molecular weight excluding hydrogens is 400 g/mol. The van der Waals surface area contributed by atoms with Crippen LogP contribution >= 0.6 is 11.8 Å². The molecule has 31 heavy (non-hydrogen) atoms. The van der Waals surface area contributed by atoms with Crippen molar-refractivity contribution < 1.29 is 4.79 Å². The van der Waals surface area contributed by atoms with Crippen LogP contribution in [0.2, 0.25) is 0 Å². The molecule has 1 aliphatic heterocycles. The number of fused-ring (bicyclic) bond motifs is 2. The number of likely N-dealkylation sites (tertiary alicyclic amines) is 1. The average Bonchev–Trinajstić information content (AvgIpc) is 2.96. The van der Waals surface area contributed by atoms with E-state index in [2.05, 4.69) is 31.2 Å². The van der Waals surface area contributed by atoms with E-state index in [1.807, 2.05) is 47.5 Å². The van der Waals surface area contributed by atoms with Gasteiger partial charge in [-0.2, -0.15) is 0 Å². The molecule has 1 aliphatic carbocycles. The van der Waals surface area contributed by atoms with Crippen molar-refractivity contribution in [2.75, 3.05) is 13.1 Å². The molecule has 0 radical (unpaired) electrons. The molecular formula is C27H26N2OS. The number of carbonyl (C=O) groups excluding carboxylic acids is 1. The van der Waals surface area contributed by atoms with Crippen LogP contribution in [0.3, 0.4) is 0 Å². The molecule has 4 heteroatoms. The molecule has 1 amide bonds. The molecule has 5 rings (SSSR count). The summed E-state index contributed by atoms with van der Waals surface area (Å²) in [6.45, 7) is 3.69. The lowest BCUT2D eigenvalue weighted by atomic mass is 9.88. The van der Waals surface area contributed by atoms with Crippen LogP contribution in [-0.2, 0) is 12.8 Å². The maximum atomic E-state index is 12.8. The van der Waals surface area contributed by atoms with Gasteiger partial charge in [0.2, 0.25) is 0 Å². The predicted octanol–water partition coefficient (Wildman–Crippen LogP) is 6.30. The van der Waals surface area contributed by atoms with Crippen LogP contribution in [0.25, 0.3) is 5.57 Å². The van der Waals surface area contributed by atoms with Gasteiger partial charge in [0.25, 0.3) is 5.24 Å². The molecule has 2 heterocycles. The second-order valence-electron chi connectivity index (χ2n) is 8.32. The molecule has 0 spiro atoms. The van der Waals surface area contributed by atoms with Crippen LogP contribution in [0.5, 0.6) is 0 Å². The van der Waals surface area contributed by atoms with Gasteiger partial charge in [-0.05, 0) is 79.3 Å². The first-order chi connectivity index (χ1) is 15.2. The number of benzene rings is 2. The van der Waals surface area contributed by atoms with E-state index in [0.717, 1.165) is 49.4 Å². The summed E-state index contributed by atoms with van der Waals surface area (Å²) in [4.78, 5) is 20.6. The van der Waals surface area contributed by atoms with Crippen molar-refractivity contribution in [3.63, 3.8) is 0 Å². The average molecular weight is 427 g/mol. The monoisotopic (exact) mass is 426 g/mol. The highest BCUT2D eigenvalue weighted by atomic mass is 32.2. The minimum Gasteiger partial charge on any atom is -0.333 e. The van der Waals surface area contributed by atoms with E-state index in [1.54, 1.807) is 0 Å². The third kappa shape index (κ3) is 4.17. The number of amides is 1. The Balaban J connectivity index is 1.45. The summed E-state index contributed by atoms with van der Waals surface area (Å²) in [5.41, 5.74) is 9.26. The topological polar surface area (TPSA) is 33.2 Å². The van der Waals surface area contributed by atoms with Gasteiger partial charge in [0.05, 0.1) is 5.69 Å². The summed E-state index contributed by atoms with van der Waals surface area (Å²) in [5, 5.41) is 0.144. The first-order valence-corrected chi connectivity index (χ1v) is 11.8. The first-order valence-electron chi connectivity index (χ1n) is 11.0. The third-order valence-electron chi connectivity index (χ3n) is 6.25. The Bertz CT molecular complexity index is 1140.